The zero-order valence-corrected chi connectivity index (χ0v) is 17.6. The summed E-state index contributed by atoms with van der Waals surface area (Å²) in [4.78, 5) is 36.2. The van der Waals surface area contributed by atoms with Crippen molar-refractivity contribution in [2.24, 2.45) is 5.92 Å². The maximum Gasteiger partial charge on any atom is 0.334 e. The highest BCUT2D eigenvalue weighted by atomic mass is 16.6. The molecule has 0 saturated carbocycles. The maximum absolute atomic E-state index is 12.4. The molecule has 8 heteroatoms. The third-order valence-corrected chi connectivity index (χ3v) is 5.29. The molecule has 1 aliphatic heterocycles. The van der Waals surface area contributed by atoms with E-state index in [1.54, 1.807) is 32.9 Å². The first-order valence-corrected chi connectivity index (χ1v) is 9.67. The molecule has 1 saturated heterocycles. The molecule has 5 atom stereocenters. The number of aliphatic hydroxyl groups is 2. The third-order valence-electron chi connectivity index (χ3n) is 5.29. The Morgan fingerprint density at radius 2 is 1.97 bits per heavy atom. The summed E-state index contributed by atoms with van der Waals surface area (Å²) in [6, 6.07) is 0. The molecule has 1 fully saturated rings. The quantitative estimate of drug-likeness (QED) is 0.304. The molecule has 2 N–H and O–H groups in total. The molecule has 164 valence electrons. The Labute approximate surface area is 175 Å². The van der Waals surface area contributed by atoms with Gasteiger partial charge in [-0.2, -0.15) is 0 Å². The van der Waals surface area contributed by atoms with Crippen molar-refractivity contribution >= 4 is 17.9 Å². The van der Waals surface area contributed by atoms with Crippen molar-refractivity contribution in [3.8, 4) is 0 Å². The third kappa shape index (κ3) is 5.25. The van der Waals surface area contributed by atoms with Crippen LogP contribution in [0.3, 0.4) is 0 Å². The van der Waals surface area contributed by atoms with Crippen molar-refractivity contribution in [1.29, 1.82) is 0 Å². The second-order valence-electron chi connectivity index (χ2n) is 7.42. The summed E-state index contributed by atoms with van der Waals surface area (Å²) in [7, 11) is 0. The van der Waals surface area contributed by atoms with Gasteiger partial charge < -0.3 is 24.4 Å². The van der Waals surface area contributed by atoms with Gasteiger partial charge in [0, 0.05) is 24.5 Å². The minimum absolute atomic E-state index is 0.0187. The molecule has 30 heavy (non-hydrogen) atoms. The molecule has 0 aromatic heterocycles. The second-order valence-corrected chi connectivity index (χ2v) is 7.42. The molecule has 1 aliphatic carbocycles. The number of hydrogen-bond acceptors (Lipinski definition) is 8. The average Bonchev–Trinajstić information content (AvgIpc) is 2.96. The fourth-order valence-corrected chi connectivity index (χ4v) is 3.38. The Balaban J connectivity index is 2.56. The van der Waals surface area contributed by atoms with Gasteiger partial charge in [-0.05, 0) is 44.1 Å². The van der Waals surface area contributed by atoms with E-state index in [0.717, 1.165) is 0 Å². The van der Waals surface area contributed by atoms with Crippen LogP contribution in [0, 0.1) is 5.92 Å². The van der Waals surface area contributed by atoms with Gasteiger partial charge in [-0.15, -0.1) is 0 Å². The van der Waals surface area contributed by atoms with Crippen LogP contribution in [0.2, 0.25) is 0 Å². The standard InChI is InChI=1S/C22H28O8/c1-6-11(2)21(26)29-18-7-12(3)16(25)9-17(28-14(5)24)15(10-23)8-19-20(18)13(4)22(27)30-19/h6-8,16-20,23,25H,4,9-10H2,1-3,5H3/b11-6+,12-7-,15-8-/t16-,17-,18+,19+,20+/m0/s1. The Hall–Kier alpha value is -2.71. The topological polar surface area (TPSA) is 119 Å². The monoisotopic (exact) mass is 420 g/mol. The summed E-state index contributed by atoms with van der Waals surface area (Å²) < 4.78 is 16.3. The summed E-state index contributed by atoms with van der Waals surface area (Å²) in [5.41, 5.74) is 1.21. The lowest BCUT2D eigenvalue weighted by Gasteiger charge is -2.29. The van der Waals surface area contributed by atoms with Gasteiger partial charge in [0.25, 0.3) is 0 Å². The van der Waals surface area contributed by atoms with Crippen LogP contribution in [0.1, 0.15) is 34.1 Å². The number of carbonyl (C=O) groups excluding carboxylic acids is 3. The summed E-state index contributed by atoms with van der Waals surface area (Å²) in [6.45, 7) is 9.46. The molecular weight excluding hydrogens is 392 g/mol. The highest BCUT2D eigenvalue weighted by Crippen LogP contribution is 2.36. The van der Waals surface area contributed by atoms with Crippen LogP contribution >= 0.6 is 0 Å². The maximum atomic E-state index is 12.4. The molecular formula is C22H28O8. The zero-order chi connectivity index (χ0) is 22.6. The second kappa shape index (κ2) is 9.86. The van der Waals surface area contributed by atoms with Gasteiger partial charge >= 0.3 is 17.9 Å². The lowest BCUT2D eigenvalue weighted by Crippen LogP contribution is -2.35. The van der Waals surface area contributed by atoms with E-state index in [4.69, 9.17) is 14.2 Å². The van der Waals surface area contributed by atoms with Gasteiger partial charge in [-0.1, -0.05) is 12.7 Å². The fraction of sp³-hybridized carbons (Fsp3) is 0.500. The summed E-state index contributed by atoms with van der Waals surface area (Å²) >= 11 is 0. The van der Waals surface area contributed by atoms with E-state index in [2.05, 4.69) is 6.58 Å². The van der Waals surface area contributed by atoms with E-state index >= 15 is 0 Å². The zero-order valence-electron chi connectivity index (χ0n) is 17.6. The van der Waals surface area contributed by atoms with Gasteiger partial charge in [0.15, 0.2) is 0 Å². The number of fused-ring (bicyclic) bond motifs is 1. The molecule has 0 spiro atoms. The van der Waals surface area contributed by atoms with Crippen LogP contribution in [0.4, 0.5) is 0 Å². The lowest BCUT2D eigenvalue weighted by atomic mass is 9.85. The van der Waals surface area contributed by atoms with Crippen LogP contribution in [0.15, 0.2) is 47.1 Å². The summed E-state index contributed by atoms with van der Waals surface area (Å²) in [5, 5.41) is 20.5. The molecule has 0 amide bonds. The largest absolute Gasteiger partial charge is 0.458 e. The minimum Gasteiger partial charge on any atom is -0.458 e. The van der Waals surface area contributed by atoms with Gasteiger partial charge in [0.1, 0.15) is 18.3 Å². The number of ether oxygens (including phenoxy) is 3. The normalized spacial score (nSPS) is 33.4. The van der Waals surface area contributed by atoms with Crippen molar-refractivity contribution in [2.45, 2.75) is 58.5 Å². The van der Waals surface area contributed by atoms with Gasteiger partial charge in [0.2, 0.25) is 0 Å². The lowest BCUT2D eigenvalue weighted by molar-refractivity contribution is -0.147. The smallest absolute Gasteiger partial charge is 0.334 e. The summed E-state index contributed by atoms with van der Waals surface area (Å²) in [6.07, 6.45) is 0.817. The van der Waals surface area contributed by atoms with Gasteiger partial charge in [-0.3, -0.25) is 4.79 Å². The van der Waals surface area contributed by atoms with E-state index < -0.39 is 54.8 Å². The van der Waals surface area contributed by atoms with E-state index in [1.165, 1.54) is 13.0 Å². The molecule has 2 rings (SSSR count). The average molecular weight is 420 g/mol. The first kappa shape index (κ1) is 23.6. The van der Waals surface area contributed by atoms with E-state index in [0.29, 0.717) is 11.1 Å². The Morgan fingerprint density at radius 3 is 2.53 bits per heavy atom. The fourth-order valence-electron chi connectivity index (χ4n) is 3.38. The van der Waals surface area contributed by atoms with E-state index in [9.17, 15) is 24.6 Å². The highest BCUT2D eigenvalue weighted by Gasteiger charge is 2.45. The Morgan fingerprint density at radius 1 is 1.30 bits per heavy atom. The molecule has 0 aromatic carbocycles. The first-order chi connectivity index (χ1) is 14.1. The number of allylic oxidation sites excluding steroid dienone is 1. The number of aliphatic hydroxyl groups excluding tert-OH is 2. The predicted molar refractivity (Wildman–Crippen MR) is 107 cm³/mol. The molecule has 0 aromatic rings. The molecule has 0 unspecified atom stereocenters. The molecule has 8 nitrogen and oxygen atoms in total. The summed E-state index contributed by atoms with van der Waals surface area (Å²) in [5.74, 6) is -2.58. The SMILES string of the molecule is C=C1C(=O)O[C@@H]2/C=C(/CO)[C@@H](OC(C)=O)C[C@H](O)/C(C)=C\[C@@H](OC(=O)/C(C)=C/C)[C@@H]12. The van der Waals surface area contributed by atoms with Crippen molar-refractivity contribution in [3.05, 3.63) is 47.1 Å². The van der Waals surface area contributed by atoms with Crippen LogP contribution in [-0.4, -0.2) is 59.1 Å². The predicted octanol–water partition coefficient (Wildman–Crippen LogP) is 1.52. The highest BCUT2D eigenvalue weighted by molar-refractivity contribution is 5.92. The van der Waals surface area contributed by atoms with E-state index in [1.807, 2.05) is 0 Å². The molecule has 0 radical (unpaired) electrons. The van der Waals surface area contributed by atoms with Crippen molar-refractivity contribution in [2.75, 3.05) is 6.61 Å². The van der Waals surface area contributed by atoms with E-state index in [-0.39, 0.29) is 17.6 Å². The molecule has 2 aliphatic rings. The molecule has 1 heterocycles. The Kier molecular flexibility index (Phi) is 7.75. The number of hydrogen-bond donors (Lipinski definition) is 2. The number of carbonyl (C=O) groups is 3. The molecule has 0 bridgehead atoms. The van der Waals surface area contributed by atoms with Crippen molar-refractivity contribution in [1.82, 2.24) is 0 Å². The number of rotatable bonds is 4. The van der Waals surface area contributed by atoms with Crippen LogP contribution in [-0.2, 0) is 28.6 Å². The minimum atomic E-state index is -1.05. The van der Waals surface area contributed by atoms with Gasteiger partial charge in [0.05, 0.1) is 18.6 Å². The Bertz CT molecular complexity index is 819. The van der Waals surface area contributed by atoms with Crippen LogP contribution in [0.25, 0.3) is 0 Å². The van der Waals surface area contributed by atoms with Crippen molar-refractivity contribution < 1.29 is 38.8 Å². The van der Waals surface area contributed by atoms with Crippen molar-refractivity contribution in [3.63, 3.8) is 0 Å². The first-order valence-electron chi connectivity index (χ1n) is 9.67. The van der Waals surface area contributed by atoms with Gasteiger partial charge in [-0.25, -0.2) is 9.59 Å². The van der Waals surface area contributed by atoms with Crippen LogP contribution < -0.4 is 0 Å². The van der Waals surface area contributed by atoms with Crippen LogP contribution in [0.5, 0.6) is 0 Å². The number of esters is 3.